The number of aromatic nitrogens is 2. The third kappa shape index (κ3) is 4.95. The molecule has 6 heteroatoms. The molecule has 1 heterocycles. The minimum absolute atomic E-state index is 0.238. The van der Waals surface area contributed by atoms with E-state index in [9.17, 15) is 4.39 Å². The zero-order chi connectivity index (χ0) is 19.2. The molecule has 0 amide bonds. The number of nitrogen functional groups attached to an aromatic ring is 1. The molecule has 1 aromatic heterocycles. The van der Waals surface area contributed by atoms with Crippen LogP contribution in [0, 0.1) is 12.7 Å². The Balaban J connectivity index is 0.000000221. The van der Waals surface area contributed by atoms with Gasteiger partial charge in [-0.25, -0.2) is 14.4 Å². The van der Waals surface area contributed by atoms with E-state index >= 15 is 0 Å². The monoisotopic (exact) mass is 378 g/mol. The number of thiol groups is 1. The zero-order valence-electron chi connectivity index (χ0n) is 14.7. The van der Waals surface area contributed by atoms with Crippen LogP contribution >= 0.6 is 12.6 Å². The van der Waals surface area contributed by atoms with Gasteiger partial charge in [0.1, 0.15) is 5.82 Å². The van der Waals surface area contributed by atoms with E-state index in [1.54, 1.807) is 18.2 Å². The molecule has 0 atom stereocenters. The molecule has 0 saturated carbocycles. The second-order valence-electron chi connectivity index (χ2n) is 5.89. The molecule has 0 saturated heterocycles. The lowest BCUT2D eigenvalue weighted by molar-refractivity contribution is 0.632. The maximum absolute atomic E-state index is 13.6. The van der Waals surface area contributed by atoms with E-state index in [1.807, 2.05) is 48.5 Å². The number of hydrogen-bond donors (Lipinski definition) is 3. The number of halogens is 1. The molecule has 0 aliphatic carbocycles. The van der Waals surface area contributed by atoms with Crippen LogP contribution in [0.3, 0.4) is 0 Å². The number of para-hydroxylation sites is 3. The molecule has 0 fully saturated rings. The predicted molar refractivity (Wildman–Crippen MR) is 112 cm³/mol. The number of benzene rings is 3. The number of nitrogens with one attached hydrogen (secondary N) is 1. The van der Waals surface area contributed by atoms with Gasteiger partial charge in [0.25, 0.3) is 0 Å². The highest BCUT2D eigenvalue weighted by Crippen LogP contribution is 2.23. The summed E-state index contributed by atoms with van der Waals surface area (Å²) >= 11 is 4.13. The fourth-order valence-corrected chi connectivity index (χ4v) is 2.49. The Morgan fingerprint density at radius 2 is 1.44 bits per heavy atom. The molecule has 0 unspecified atom stereocenters. The summed E-state index contributed by atoms with van der Waals surface area (Å²) in [6.07, 6.45) is 0. The average Bonchev–Trinajstić information content (AvgIpc) is 2.67. The Hall–Kier alpha value is -3.12. The van der Waals surface area contributed by atoms with Crippen LogP contribution < -0.4 is 11.1 Å². The highest BCUT2D eigenvalue weighted by atomic mass is 32.1. The Morgan fingerprint density at radius 3 is 2.07 bits per heavy atom. The number of nitrogens with zero attached hydrogens (tertiary/aromatic N) is 2. The Morgan fingerprint density at radius 1 is 0.852 bits per heavy atom. The van der Waals surface area contributed by atoms with Gasteiger partial charge in [-0.2, -0.15) is 0 Å². The standard InChI is InChI=1S/C14H11FN4.C7H8S/c15-9-5-1-2-6-10(9)18-14-13(16)17-11-7-3-4-8-12(11)19-14;1-6-2-4-7(8)5-3-6/h1-8H,(H2,16,17)(H,18,19);2-5,8H,1H3. The van der Waals surface area contributed by atoms with E-state index in [4.69, 9.17) is 5.73 Å². The smallest absolute Gasteiger partial charge is 0.174 e. The van der Waals surface area contributed by atoms with E-state index in [-0.39, 0.29) is 11.6 Å². The normalized spacial score (nSPS) is 10.2. The van der Waals surface area contributed by atoms with Crippen molar-refractivity contribution >= 4 is 41.0 Å². The first-order valence-corrected chi connectivity index (χ1v) is 8.77. The van der Waals surface area contributed by atoms with E-state index in [0.717, 1.165) is 4.90 Å². The van der Waals surface area contributed by atoms with E-state index in [0.29, 0.717) is 22.5 Å². The summed E-state index contributed by atoms with van der Waals surface area (Å²) < 4.78 is 13.6. The van der Waals surface area contributed by atoms with Crippen molar-refractivity contribution in [2.75, 3.05) is 11.1 Å². The van der Waals surface area contributed by atoms with Crippen molar-refractivity contribution < 1.29 is 4.39 Å². The van der Waals surface area contributed by atoms with Gasteiger partial charge in [-0.1, -0.05) is 42.0 Å². The number of nitrogens with two attached hydrogens (primary N) is 1. The molecule has 3 aromatic carbocycles. The van der Waals surface area contributed by atoms with Gasteiger partial charge >= 0.3 is 0 Å². The van der Waals surface area contributed by atoms with Crippen molar-refractivity contribution in [1.82, 2.24) is 9.97 Å². The predicted octanol–water partition coefficient (Wildman–Crippen LogP) is 5.38. The molecular formula is C21H19FN4S. The van der Waals surface area contributed by atoms with Crippen LogP contribution in [0.15, 0.2) is 77.7 Å². The third-order valence-electron chi connectivity index (χ3n) is 3.76. The molecule has 136 valence electrons. The first-order valence-electron chi connectivity index (χ1n) is 8.32. The Labute approximate surface area is 162 Å². The molecule has 4 nitrogen and oxygen atoms in total. The summed E-state index contributed by atoms with van der Waals surface area (Å²) in [5.41, 5.74) is 8.84. The molecule has 3 N–H and O–H groups in total. The lowest BCUT2D eigenvalue weighted by atomic mass is 10.2. The van der Waals surface area contributed by atoms with Crippen molar-refractivity contribution in [1.29, 1.82) is 0 Å². The van der Waals surface area contributed by atoms with Gasteiger partial charge in [0.15, 0.2) is 11.6 Å². The van der Waals surface area contributed by atoms with Crippen molar-refractivity contribution in [3.63, 3.8) is 0 Å². The van der Waals surface area contributed by atoms with Gasteiger partial charge in [-0.3, -0.25) is 0 Å². The lowest BCUT2D eigenvalue weighted by Gasteiger charge is -2.09. The number of aryl methyl sites for hydroxylation is 1. The second kappa shape index (κ2) is 8.51. The third-order valence-corrected chi connectivity index (χ3v) is 4.06. The van der Waals surface area contributed by atoms with Gasteiger partial charge in [0.2, 0.25) is 0 Å². The number of anilines is 3. The van der Waals surface area contributed by atoms with Crippen molar-refractivity contribution in [2.45, 2.75) is 11.8 Å². The molecule has 4 rings (SSSR count). The molecule has 0 aliphatic rings. The average molecular weight is 378 g/mol. The topological polar surface area (TPSA) is 63.8 Å². The van der Waals surface area contributed by atoms with Gasteiger partial charge in [0, 0.05) is 4.90 Å². The van der Waals surface area contributed by atoms with Crippen LogP contribution in [0.25, 0.3) is 11.0 Å². The van der Waals surface area contributed by atoms with Crippen LogP contribution in [0.2, 0.25) is 0 Å². The minimum atomic E-state index is -0.364. The lowest BCUT2D eigenvalue weighted by Crippen LogP contribution is -2.03. The molecule has 27 heavy (non-hydrogen) atoms. The van der Waals surface area contributed by atoms with Gasteiger partial charge in [-0.15, -0.1) is 12.6 Å². The first-order chi connectivity index (χ1) is 13.0. The summed E-state index contributed by atoms with van der Waals surface area (Å²) in [6, 6.07) is 21.8. The molecule has 0 spiro atoms. The maximum Gasteiger partial charge on any atom is 0.174 e. The summed E-state index contributed by atoms with van der Waals surface area (Å²) in [7, 11) is 0. The van der Waals surface area contributed by atoms with E-state index in [1.165, 1.54) is 11.6 Å². The molecule has 0 aliphatic heterocycles. The largest absolute Gasteiger partial charge is 0.381 e. The van der Waals surface area contributed by atoms with Gasteiger partial charge < -0.3 is 11.1 Å². The van der Waals surface area contributed by atoms with Crippen LogP contribution in [-0.4, -0.2) is 9.97 Å². The zero-order valence-corrected chi connectivity index (χ0v) is 15.6. The first kappa shape index (κ1) is 18.7. The maximum atomic E-state index is 13.6. The number of hydrogen-bond acceptors (Lipinski definition) is 5. The number of rotatable bonds is 2. The summed E-state index contributed by atoms with van der Waals surface area (Å²) in [6.45, 7) is 2.06. The van der Waals surface area contributed by atoms with Crippen LogP contribution in [-0.2, 0) is 0 Å². The minimum Gasteiger partial charge on any atom is -0.381 e. The fraction of sp³-hybridized carbons (Fsp3) is 0.0476. The van der Waals surface area contributed by atoms with E-state index in [2.05, 4.69) is 34.8 Å². The molecule has 4 aromatic rings. The highest BCUT2D eigenvalue weighted by molar-refractivity contribution is 7.80. The second-order valence-corrected chi connectivity index (χ2v) is 6.40. The van der Waals surface area contributed by atoms with Crippen LogP contribution in [0.4, 0.5) is 21.7 Å². The summed E-state index contributed by atoms with van der Waals surface area (Å²) in [4.78, 5) is 9.60. The quantitative estimate of drug-likeness (QED) is 0.410. The van der Waals surface area contributed by atoms with Crippen molar-refractivity contribution in [2.24, 2.45) is 0 Å². The van der Waals surface area contributed by atoms with Crippen molar-refractivity contribution in [3.8, 4) is 0 Å². The molecule has 0 bridgehead atoms. The van der Waals surface area contributed by atoms with Crippen molar-refractivity contribution in [3.05, 3.63) is 84.2 Å². The van der Waals surface area contributed by atoms with Gasteiger partial charge in [-0.05, 0) is 43.3 Å². The van der Waals surface area contributed by atoms with Crippen LogP contribution in [0.1, 0.15) is 5.56 Å². The summed E-state index contributed by atoms with van der Waals surface area (Å²) in [5.74, 6) is 0.225. The SMILES string of the molecule is Cc1ccc(S)cc1.Nc1nc2ccccc2nc1Nc1ccccc1F. The molecule has 0 radical (unpaired) electrons. The van der Waals surface area contributed by atoms with Crippen LogP contribution in [0.5, 0.6) is 0 Å². The summed E-state index contributed by atoms with van der Waals surface area (Å²) in [5, 5.41) is 2.86. The number of fused-ring (bicyclic) bond motifs is 1. The Bertz CT molecular complexity index is 1030. The van der Waals surface area contributed by atoms with E-state index < -0.39 is 0 Å². The molecular weight excluding hydrogens is 359 g/mol. The Kier molecular flexibility index (Phi) is 5.88. The highest BCUT2D eigenvalue weighted by Gasteiger charge is 2.08. The van der Waals surface area contributed by atoms with Gasteiger partial charge in [0.05, 0.1) is 16.7 Å². The fourth-order valence-electron chi connectivity index (χ4n) is 2.34.